The number of benzene rings is 1. The second-order valence-corrected chi connectivity index (χ2v) is 5.51. The summed E-state index contributed by atoms with van der Waals surface area (Å²) in [4.78, 5) is 23.2. The summed E-state index contributed by atoms with van der Waals surface area (Å²) in [5.74, 6) is -0.0139. The number of aliphatic hydroxyl groups excluding tert-OH is 1. The van der Waals surface area contributed by atoms with Crippen molar-refractivity contribution in [1.29, 1.82) is 0 Å². The fourth-order valence-electron chi connectivity index (χ4n) is 2.34. The van der Waals surface area contributed by atoms with E-state index in [0.717, 1.165) is 11.8 Å². The van der Waals surface area contributed by atoms with Gasteiger partial charge >= 0.3 is 0 Å². The molecule has 1 N–H and O–H groups in total. The van der Waals surface area contributed by atoms with Gasteiger partial charge in [-0.05, 0) is 18.4 Å². The lowest BCUT2D eigenvalue weighted by molar-refractivity contribution is -0.116. The first-order valence-electron chi connectivity index (χ1n) is 7.09. The van der Waals surface area contributed by atoms with Gasteiger partial charge in [-0.3, -0.25) is 4.79 Å². The molecular formula is C17H16O5. The number of rotatable bonds is 6. The minimum Gasteiger partial charge on any atom is -0.482 e. The van der Waals surface area contributed by atoms with Gasteiger partial charge in [0.05, 0.1) is 11.7 Å². The topological polar surface area (TPSA) is 76.7 Å². The number of hydrogen-bond donors (Lipinski definition) is 1. The van der Waals surface area contributed by atoms with Gasteiger partial charge in [-0.1, -0.05) is 30.3 Å². The molecule has 1 fully saturated rings. The third kappa shape index (κ3) is 2.67. The van der Waals surface area contributed by atoms with Crippen molar-refractivity contribution < 1.29 is 19.1 Å². The number of aldehydes is 1. The minimum absolute atomic E-state index is 0.0213. The van der Waals surface area contributed by atoms with Crippen molar-refractivity contribution in [3.63, 3.8) is 0 Å². The Morgan fingerprint density at radius 3 is 2.64 bits per heavy atom. The average molecular weight is 300 g/mol. The SMILES string of the molecule is O=CC1(C(O)c2occc(=O)c2OCc2ccccc2)CC1. The van der Waals surface area contributed by atoms with Crippen LogP contribution in [0.5, 0.6) is 5.75 Å². The maximum atomic E-state index is 12.0. The van der Waals surface area contributed by atoms with Crippen molar-refractivity contribution in [2.24, 2.45) is 5.41 Å². The van der Waals surface area contributed by atoms with E-state index in [9.17, 15) is 14.7 Å². The molecular weight excluding hydrogens is 284 g/mol. The predicted molar refractivity (Wildman–Crippen MR) is 78.4 cm³/mol. The second kappa shape index (κ2) is 5.77. The summed E-state index contributed by atoms with van der Waals surface area (Å²) in [5, 5.41) is 10.4. The van der Waals surface area contributed by atoms with E-state index < -0.39 is 11.5 Å². The first-order chi connectivity index (χ1) is 10.7. The zero-order chi connectivity index (χ0) is 15.6. The number of hydrogen-bond acceptors (Lipinski definition) is 5. The molecule has 1 aliphatic carbocycles. The van der Waals surface area contributed by atoms with Crippen LogP contribution in [0.15, 0.2) is 51.9 Å². The van der Waals surface area contributed by atoms with Crippen molar-refractivity contribution in [2.75, 3.05) is 0 Å². The highest BCUT2D eigenvalue weighted by Crippen LogP contribution is 2.54. The zero-order valence-corrected chi connectivity index (χ0v) is 11.9. The fraction of sp³-hybridized carbons (Fsp3) is 0.294. The van der Waals surface area contributed by atoms with Crippen LogP contribution in [0, 0.1) is 5.41 Å². The Balaban J connectivity index is 1.87. The molecule has 1 unspecified atom stereocenters. The van der Waals surface area contributed by atoms with Crippen LogP contribution in [0.25, 0.3) is 0 Å². The monoisotopic (exact) mass is 300 g/mol. The van der Waals surface area contributed by atoms with Gasteiger partial charge in [0.2, 0.25) is 11.2 Å². The van der Waals surface area contributed by atoms with E-state index >= 15 is 0 Å². The molecule has 5 heteroatoms. The van der Waals surface area contributed by atoms with Crippen LogP contribution in [0.2, 0.25) is 0 Å². The van der Waals surface area contributed by atoms with Gasteiger partial charge in [-0.2, -0.15) is 0 Å². The van der Waals surface area contributed by atoms with Crippen LogP contribution in [-0.4, -0.2) is 11.4 Å². The largest absolute Gasteiger partial charge is 0.482 e. The van der Waals surface area contributed by atoms with Crippen LogP contribution in [-0.2, 0) is 11.4 Å². The Labute approximate surface area is 127 Å². The normalized spacial score (nSPS) is 16.8. The van der Waals surface area contributed by atoms with E-state index in [2.05, 4.69) is 0 Å². The zero-order valence-electron chi connectivity index (χ0n) is 11.9. The Morgan fingerprint density at radius 2 is 2.00 bits per heavy atom. The van der Waals surface area contributed by atoms with E-state index in [0.29, 0.717) is 12.8 Å². The van der Waals surface area contributed by atoms with Crippen LogP contribution in [0.1, 0.15) is 30.3 Å². The molecule has 1 heterocycles. The smallest absolute Gasteiger partial charge is 0.227 e. The standard InChI is InChI=1S/C17H16O5/c18-11-17(7-8-17)16(20)15-14(13(19)6-9-21-15)22-10-12-4-2-1-3-5-12/h1-6,9,11,16,20H,7-8,10H2. The molecule has 0 bridgehead atoms. The molecule has 0 spiro atoms. The Bertz CT molecular complexity index is 715. The van der Waals surface area contributed by atoms with Gasteiger partial charge in [0.1, 0.15) is 19.0 Å². The Hall–Kier alpha value is -2.40. The van der Waals surface area contributed by atoms with Crippen molar-refractivity contribution in [3.8, 4) is 5.75 Å². The van der Waals surface area contributed by atoms with Gasteiger partial charge in [0.25, 0.3) is 0 Å². The molecule has 1 saturated carbocycles. The maximum absolute atomic E-state index is 12.0. The summed E-state index contributed by atoms with van der Waals surface area (Å²) in [6.07, 6.45) is 1.93. The lowest BCUT2D eigenvalue weighted by Gasteiger charge is -2.18. The summed E-state index contributed by atoms with van der Waals surface area (Å²) in [6, 6.07) is 10.6. The third-order valence-corrected chi connectivity index (χ3v) is 3.94. The summed E-state index contributed by atoms with van der Waals surface area (Å²) in [5.41, 5.74) is -0.331. The summed E-state index contributed by atoms with van der Waals surface area (Å²) < 4.78 is 10.8. The number of ether oxygens (including phenoxy) is 1. The van der Waals surface area contributed by atoms with Crippen molar-refractivity contribution >= 4 is 6.29 Å². The summed E-state index contributed by atoms with van der Waals surface area (Å²) >= 11 is 0. The summed E-state index contributed by atoms with van der Waals surface area (Å²) in [6.45, 7) is 0.184. The minimum atomic E-state index is -1.16. The highest BCUT2D eigenvalue weighted by Gasteiger charge is 2.52. The van der Waals surface area contributed by atoms with Gasteiger partial charge in [0.15, 0.2) is 5.76 Å². The quantitative estimate of drug-likeness (QED) is 0.828. The molecule has 1 aliphatic rings. The molecule has 114 valence electrons. The van der Waals surface area contributed by atoms with E-state index in [1.807, 2.05) is 30.3 Å². The van der Waals surface area contributed by atoms with Crippen molar-refractivity contribution in [3.05, 3.63) is 64.2 Å². The number of carbonyl (C=O) groups is 1. The first-order valence-corrected chi connectivity index (χ1v) is 7.09. The molecule has 1 aromatic carbocycles. The van der Waals surface area contributed by atoms with Gasteiger partial charge < -0.3 is 19.1 Å². The predicted octanol–water partition coefficient (Wildman–Crippen LogP) is 2.23. The summed E-state index contributed by atoms with van der Waals surface area (Å²) in [7, 11) is 0. The van der Waals surface area contributed by atoms with E-state index in [-0.39, 0.29) is 23.5 Å². The molecule has 5 nitrogen and oxygen atoms in total. The number of aliphatic hydroxyl groups is 1. The molecule has 1 aromatic heterocycles. The Kier molecular flexibility index (Phi) is 3.81. The lowest BCUT2D eigenvalue weighted by Crippen LogP contribution is -2.19. The molecule has 0 radical (unpaired) electrons. The highest BCUT2D eigenvalue weighted by molar-refractivity contribution is 5.65. The second-order valence-electron chi connectivity index (χ2n) is 5.51. The molecule has 22 heavy (non-hydrogen) atoms. The van der Waals surface area contributed by atoms with Crippen LogP contribution < -0.4 is 10.2 Å². The molecule has 2 aromatic rings. The molecule has 0 aliphatic heterocycles. The van der Waals surface area contributed by atoms with E-state index in [4.69, 9.17) is 9.15 Å². The van der Waals surface area contributed by atoms with E-state index in [1.165, 1.54) is 12.3 Å². The van der Waals surface area contributed by atoms with E-state index in [1.54, 1.807) is 0 Å². The highest BCUT2D eigenvalue weighted by atomic mass is 16.5. The molecule has 0 saturated heterocycles. The maximum Gasteiger partial charge on any atom is 0.227 e. The molecule has 0 amide bonds. The van der Waals surface area contributed by atoms with Gasteiger partial charge in [0, 0.05) is 6.07 Å². The third-order valence-electron chi connectivity index (χ3n) is 3.94. The fourth-order valence-corrected chi connectivity index (χ4v) is 2.34. The first kappa shape index (κ1) is 14.5. The van der Waals surface area contributed by atoms with Gasteiger partial charge in [-0.25, -0.2) is 0 Å². The van der Waals surface area contributed by atoms with Crippen LogP contribution in [0.4, 0.5) is 0 Å². The average Bonchev–Trinajstić information content (AvgIpc) is 3.35. The van der Waals surface area contributed by atoms with Crippen LogP contribution in [0.3, 0.4) is 0 Å². The van der Waals surface area contributed by atoms with Crippen LogP contribution >= 0.6 is 0 Å². The van der Waals surface area contributed by atoms with Gasteiger partial charge in [-0.15, -0.1) is 0 Å². The number of carbonyl (C=O) groups excluding carboxylic acids is 1. The molecule has 3 rings (SSSR count). The van der Waals surface area contributed by atoms with Crippen molar-refractivity contribution in [2.45, 2.75) is 25.6 Å². The lowest BCUT2D eigenvalue weighted by atomic mass is 9.98. The molecule has 1 atom stereocenters. The Morgan fingerprint density at radius 1 is 1.27 bits per heavy atom. The van der Waals surface area contributed by atoms with Crippen molar-refractivity contribution in [1.82, 2.24) is 0 Å².